The van der Waals surface area contributed by atoms with Gasteiger partial charge in [-0.05, 0) is 62.7 Å². The number of thiazole rings is 1. The van der Waals surface area contributed by atoms with Gasteiger partial charge in [0, 0.05) is 18.7 Å². The minimum atomic E-state index is -0.794. The standard InChI is InChI=1S/C34H33N5O4S/c1-6-37(7-2)33(42)28-21(4)35-34-38(30(28)29-24-16-12-11-13-22(24)17-18-26(29)43-5)32(41)27(44-34)19-25-20(3)36-39(31(25)40)23-14-9-8-10-15-23/h8-19,25,30H,6-7H2,1-5H3/b27-19-/t25-,30+/m1/s1. The van der Waals surface area contributed by atoms with Crippen molar-refractivity contribution in [1.29, 1.82) is 0 Å². The van der Waals surface area contributed by atoms with Crippen molar-refractivity contribution in [3.8, 4) is 5.75 Å². The maximum absolute atomic E-state index is 14.4. The van der Waals surface area contributed by atoms with Gasteiger partial charge in [0.15, 0.2) is 4.80 Å². The first kappa shape index (κ1) is 29.3. The van der Waals surface area contributed by atoms with Crippen LogP contribution in [0.25, 0.3) is 16.8 Å². The summed E-state index contributed by atoms with van der Waals surface area (Å²) in [6, 6.07) is 20.1. The van der Waals surface area contributed by atoms with E-state index in [0.717, 1.165) is 10.8 Å². The Morgan fingerprint density at radius 3 is 2.41 bits per heavy atom. The third kappa shape index (κ3) is 4.75. The van der Waals surface area contributed by atoms with E-state index < -0.39 is 12.0 Å². The Morgan fingerprint density at radius 1 is 1.00 bits per heavy atom. The van der Waals surface area contributed by atoms with E-state index in [-0.39, 0.29) is 17.4 Å². The molecule has 9 nitrogen and oxygen atoms in total. The molecule has 2 aliphatic heterocycles. The maximum Gasteiger partial charge on any atom is 0.270 e. The summed E-state index contributed by atoms with van der Waals surface area (Å²) in [6.07, 6.45) is 1.68. The Kier molecular flexibility index (Phi) is 7.77. The van der Waals surface area contributed by atoms with Gasteiger partial charge in [-0.2, -0.15) is 10.1 Å². The second-order valence-corrected chi connectivity index (χ2v) is 11.7. The van der Waals surface area contributed by atoms with E-state index in [9.17, 15) is 14.4 Å². The number of carbonyl (C=O) groups is 2. The molecule has 224 valence electrons. The number of ether oxygens (including phenoxy) is 1. The Bertz CT molecular complexity index is 2040. The highest BCUT2D eigenvalue weighted by Crippen LogP contribution is 2.40. The first-order chi connectivity index (χ1) is 21.3. The van der Waals surface area contributed by atoms with Crippen molar-refractivity contribution < 1.29 is 14.3 Å². The minimum Gasteiger partial charge on any atom is -0.496 e. The molecule has 1 aromatic heterocycles. The molecule has 4 aromatic rings. The van der Waals surface area contributed by atoms with Gasteiger partial charge >= 0.3 is 0 Å². The molecule has 0 radical (unpaired) electrons. The first-order valence-electron chi connectivity index (χ1n) is 14.6. The van der Waals surface area contributed by atoms with Crippen molar-refractivity contribution in [2.75, 3.05) is 25.2 Å². The number of hydrazone groups is 1. The summed E-state index contributed by atoms with van der Waals surface area (Å²) in [5.41, 5.74) is 2.60. The fourth-order valence-electron chi connectivity index (χ4n) is 5.98. The summed E-state index contributed by atoms with van der Waals surface area (Å²) in [6.45, 7) is 8.48. The predicted molar refractivity (Wildman–Crippen MR) is 174 cm³/mol. The van der Waals surface area contributed by atoms with Crippen LogP contribution >= 0.6 is 11.3 Å². The molecule has 0 aliphatic carbocycles. The van der Waals surface area contributed by atoms with Crippen LogP contribution in [0.5, 0.6) is 5.75 Å². The van der Waals surface area contributed by atoms with Gasteiger partial charge in [0.2, 0.25) is 0 Å². The summed E-state index contributed by atoms with van der Waals surface area (Å²) in [4.78, 5) is 49.0. The molecule has 0 bridgehead atoms. The van der Waals surface area contributed by atoms with Crippen LogP contribution in [0.15, 0.2) is 92.9 Å². The smallest absolute Gasteiger partial charge is 0.270 e. The van der Waals surface area contributed by atoms with Crippen LogP contribution in [0, 0.1) is 5.92 Å². The van der Waals surface area contributed by atoms with Crippen molar-refractivity contribution in [1.82, 2.24) is 9.47 Å². The molecule has 0 saturated heterocycles. The number of hydrogen-bond acceptors (Lipinski definition) is 7. The second-order valence-electron chi connectivity index (χ2n) is 10.7. The van der Waals surface area contributed by atoms with E-state index in [1.54, 1.807) is 29.6 Å². The molecule has 3 heterocycles. The number of aromatic nitrogens is 1. The first-order valence-corrected chi connectivity index (χ1v) is 15.4. The third-order valence-corrected chi connectivity index (χ3v) is 9.23. The molecule has 3 aromatic carbocycles. The summed E-state index contributed by atoms with van der Waals surface area (Å²) >= 11 is 1.21. The van der Waals surface area contributed by atoms with Crippen LogP contribution < -0.4 is 24.6 Å². The van der Waals surface area contributed by atoms with Gasteiger partial charge in [-0.3, -0.25) is 19.0 Å². The molecule has 0 spiro atoms. The number of rotatable bonds is 7. The van der Waals surface area contributed by atoms with Crippen molar-refractivity contribution >= 4 is 51.4 Å². The van der Waals surface area contributed by atoms with Gasteiger partial charge in [0.25, 0.3) is 17.4 Å². The number of para-hydroxylation sites is 1. The van der Waals surface area contributed by atoms with Gasteiger partial charge in [0.1, 0.15) is 17.7 Å². The number of fused-ring (bicyclic) bond motifs is 2. The monoisotopic (exact) mass is 607 g/mol. The van der Waals surface area contributed by atoms with Gasteiger partial charge in [0.05, 0.1) is 34.3 Å². The quantitative estimate of drug-likeness (QED) is 0.314. The maximum atomic E-state index is 14.4. The number of allylic oxidation sites excluding steroid dienone is 1. The molecule has 0 unspecified atom stereocenters. The summed E-state index contributed by atoms with van der Waals surface area (Å²) in [7, 11) is 1.59. The van der Waals surface area contributed by atoms with Crippen molar-refractivity contribution in [3.63, 3.8) is 0 Å². The average molecular weight is 608 g/mol. The SMILES string of the molecule is CCN(CC)C(=O)C1=C(C)N=c2s/c(=C\[C@H]3C(=O)N(c4ccccc4)N=C3C)c(=O)n2[C@@H]1c1c(OC)ccc2ccccc12. The fraction of sp³-hybridized carbons (Fsp3) is 0.265. The molecule has 6 rings (SSSR count). The lowest BCUT2D eigenvalue weighted by atomic mass is 9.90. The van der Waals surface area contributed by atoms with Crippen LogP contribution in [0.3, 0.4) is 0 Å². The number of nitrogens with zero attached hydrogens (tertiary/aromatic N) is 5. The van der Waals surface area contributed by atoms with E-state index >= 15 is 0 Å². The Balaban J connectivity index is 1.57. The van der Waals surface area contributed by atoms with Crippen molar-refractivity contribution in [2.24, 2.45) is 16.0 Å². The number of anilines is 1. The van der Waals surface area contributed by atoms with E-state index in [1.807, 2.05) is 87.5 Å². The largest absolute Gasteiger partial charge is 0.496 e. The topological polar surface area (TPSA) is 96.6 Å². The summed E-state index contributed by atoms with van der Waals surface area (Å²) < 4.78 is 7.82. The molecule has 0 fully saturated rings. The molecular weight excluding hydrogens is 574 g/mol. The molecule has 10 heteroatoms. The van der Waals surface area contributed by atoms with Crippen LogP contribution in [0.2, 0.25) is 0 Å². The Morgan fingerprint density at radius 2 is 1.70 bits per heavy atom. The molecule has 2 amide bonds. The average Bonchev–Trinajstić information content (AvgIpc) is 3.50. The van der Waals surface area contributed by atoms with E-state index in [1.165, 1.54) is 16.3 Å². The van der Waals surface area contributed by atoms with Crippen LogP contribution in [0.4, 0.5) is 5.69 Å². The van der Waals surface area contributed by atoms with Gasteiger partial charge in [-0.1, -0.05) is 59.9 Å². The van der Waals surface area contributed by atoms with E-state index in [2.05, 4.69) is 5.10 Å². The zero-order valence-electron chi connectivity index (χ0n) is 25.3. The van der Waals surface area contributed by atoms with Gasteiger partial charge in [-0.15, -0.1) is 0 Å². The van der Waals surface area contributed by atoms with E-state index in [0.29, 0.717) is 56.4 Å². The highest BCUT2D eigenvalue weighted by Gasteiger charge is 2.38. The second kappa shape index (κ2) is 11.7. The number of likely N-dealkylation sites (N-methyl/N-ethyl adjacent to an activating group) is 1. The summed E-state index contributed by atoms with van der Waals surface area (Å²) in [5, 5.41) is 7.71. The van der Waals surface area contributed by atoms with E-state index in [4.69, 9.17) is 9.73 Å². The molecule has 0 N–H and O–H groups in total. The number of hydrogen-bond donors (Lipinski definition) is 0. The molecule has 2 atom stereocenters. The Hall–Kier alpha value is -4.83. The molecule has 2 aliphatic rings. The number of carbonyl (C=O) groups excluding carboxylic acids is 2. The minimum absolute atomic E-state index is 0.182. The normalized spacial score (nSPS) is 18.4. The van der Waals surface area contributed by atoms with Gasteiger partial charge in [-0.25, -0.2) is 4.99 Å². The number of amides is 2. The number of benzene rings is 3. The zero-order valence-corrected chi connectivity index (χ0v) is 26.1. The zero-order chi connectivity index (χ0) is 31.1. The van der Waals surface area contributed by atoms with Crippen molar-refractivity contribution in [3.05, 3.63) is 103 Å². The summed E-state index contributed by atoms with van der Waals surface area (Å²) in [5.74, 6) is -0.561. The van der Waals surface area contributed by atoms with Crippen LogP contribution in [0.1, 0.15) is 39.3 Å². The molecule has 0 saturated carbocycles. The van der Waals surface area contributed by atoms with Crippen LogP contribution in [-0.4, -0.2) is 47.2 Å². The van der Waals surface area contributed by atoms with Crippen molar-refractivity contribution in [2.45, 2.75) is 33.7 Å². The number of methoxy groups -OCH3 is 1. The predicted octanol–water partition coefficient (Wildman–Crippen LogP) is 4.26. The lowest BCUT2D eigenvalue weighted by Gasteiger charge is -2.30. The lowest BCUT2D eigenvalue weighted by molar-refractivity contribution is -0.127. The highest BCUT2D eigenvalue weighted by atomic mass is 32.1. The van der Waals surface area contributed by atoms with Gasteiger partial charge < -0.3 is 9.64 Å². The Labute approximate surface area is 258 Å². The highest BCUT2D eigenvalue weighted by molar-refractivity contribution is 7.07. The van der Waals surface area contributed by atoms with Crippen LogP contribution in [-0.2, 0) is 9.59 Å². The fourth-order valence-corrected chi connectivity index (χ4v) is 7.03. The molecular formula is C34H33N5O4S. The molecule has 44 heavy (non-hydrogen) atoms. The third-order valence-electron chi connectivity index (χ3n) is 8.23. The lowest BCUT2D eigenvalue weighted by Crippen LogP contribution is -2.43.